The Bertz CT molecular complexity index is 2620. The number of rotatable bonds is 7. The highest BCUT2D eigenvalue weighted by Crippen LogP contribution is 2.48. The summed E-state index contributed by atoms with van der Waals surface area (Å²) >= 11 is 1.88. The average Bonchev–Trinajstić information content (AvgIpc) is 3.66. The van der Waals surface area contributed by atoms with Crippen LogP contribution in [0, 0.1) is 0 Å². The number of nitrogens with zero attached hydrogens (tertiary/aromatic N) is 3. The Morgan fingerprint density at radius 1 is 0.527 bits per heavy atom. The third-order valence-electron chi connectivity index (χ3n) is 11.3. The van der Waals surface area contributed by atoms with Gasteiger partial charge in [-0.1, -0.05) is 121 Å². The molecule has 0 bridgehead atoms. The van der Waals surface area contributed by atoms with Gasteiger partial charge in [-0.25, -0.2) is 15.0 Å². The van der Waals surface area contributed by atoms with Crippen molar-refractivity contribution < 1.29 is 0 Å². The van der Waals surface area contributed by atoms with E-state index in [0.29, 0.717) is 0 Å². The van der Waals surface area contributed by atoms with Crippen LogP contribution in [0.25, 0.3) is 66.3 Å². The van der Waals surface area contributed by atoms with E-state index in [4.69, 9.17) is 15.0 Å². The first kappa shape index (κ1) is 33.6. The van der Waals surface area contributed by atoms with Gasteiger partial charge in [-0.15, -0.1) is 11.3 Å². The lowest BCUT2D eigenvalue weighted by molar-refractivity contribution is 0.717. The van der Waals surface area contributed by atoms with Gasteiger partial charge in [0.15, 0.2) is 11.6 Å². The van der Waals surface area contributed by atoms with Gasteiger partial charge < -0.3 is 0 Å². The lowest BCUT2D eigenvalue weighted by atomic mass is 9.81. The van der Waals surface area contributed by atoms with E-state index in [1.165, 1.54) is 83.5 Å². The van der Waals surface area contributed by atoms with Crippen molar-refractivity contribution in [2.45, 2.75) is 50.9 Å². The summed E-state index contributed by atoms with van der Waals surface area (Å²) in [5.74, 6) is 2.53. The van der Waals surface area contributed by atoms with Gasteiger partial charge in [0.05, 0.1) is 5.92 Å². The third kappa shape index (κ3) is 6.72. The second-order valence-corrected chi connectivity index (χ2v) is 16.0. The molecule has 266 valence electrons. The van der Waals surface area contributed by atoms with Crippen LogP contribution in [0.4, 0.5) is 0 Å². The molecule has 3 aliphatic rings. The van der Waals surface area contributed by atoms with E-state index < -0.39 is 0 Å². The zero-order valence-electron chi connectivity index (χ0n) is 30.8. The molecule has 1 unspecified atom stereocenters. The first-order valence-electron chi connectivity index (χ1n) is 19.6. The maximum absolute atomic E-state index is 5.37. The van der Waals surface area contributed by atoms with Crippen LogP contribution in [0.5, 0.6) is 0 Å². The summed E-state index contributed by atoms with van der Waals surface area (Å²) in [5.41, 5.74) is 13.5. The minimum absolute atomic E-state index is 0.00115. The van der Waals surface area contributed by atoms with Crippen molar-refractivity contribution in [1.29, 1.82) is 0 Å². The van der Waals surface area contributed by atoms with Crippen molar-refractivity contribution in [3.8, 4) is 33.4 Å². The Labute approximate surface area is 327 Å². The lowest BCUT2D eigenvalue weighted by Crippen LogP contribution is -2.15. The highest BCUT2D eigenvalue weighted by molar-refractivity contribution is 7.20. The molecule has 0 aliphatic heterocycles. The zero-order chi connectivity index (χ0) is 36.6. The fourth-order valence-electron chi connectivity index (χ4n) is 8.44. The van der Waals surface area contributed by atoms with E-state index >= 15 is 0 Å². The number of fused-ring (bicyclic) bond motifs is 3. The fraction of sp³-hybridized carbons (Fsp3) is 0.157. The van der Waals surface area contributed by atoms with Crippen LogP contribution >= 0.6 is 11.3 Å². The number of allylic oxidation sites excluding steroid dienone is 7. The predicted molar refractivity (Wildman–Crippen MR) is 232 cm³/mol. The second kappa shape index (κ2) is 14.7. The smallest absolute Gasteiger partial charge is 0.163 e. The molecule has 0 saturated heterocycles. The molecule has 2 aromatic heterocycles. The summed E-state index contributed by atoms with van der Waals surface area (Å²) in [7, 11) is 0. The van der Waals surface area contributed by atoms with Crippen molar-refractivity contribution in [3.63, 3.8) is 0 Å². The Hall–Kier alpha value is -5.97. The third-order valence-corrected chi connectivity index (χ3v) is 12.4. The Balaban J connectivity index is 1.10. The summed E-state index contributed by atoms with van der Waals surface area (Å²) < 4.78 is 1.30. The van der Waals surface area contributed by atoms with Gasteiger partial charge in [0.2, 0.25) is 0 Å². The van der Waals surface area contributed by atoms with Gasteiger partial charge in [-0.05, 0) is 142 Å². The molecule has 0 spiro atoms. The number of hydrogen-bond acceptors (Lipinski definition) is 4. The van der Waals surface area contributed by atoms with Gasteiger partial charge in [0, 0.05) is 15.2 Å². The van der Waals surface area contributed by atoms with Crippen LogP contribution < -0.4 is 0 Å². The van der Waals surface area contributed by atoms with Crippen LogP contribution in [0.15, 0.2) is 152 Å². The minimum Gasteiger partial charge on any atom is -0.213 e. The maximum Gasteiger partial charge on any atom is 0.163 e. The molecule has 0 amide bonds. The number of aromatic nitrogens is 3. The van der Waals surface area contributed by atoms with E-state index in [1.807, 2.05) is 11.3 Å². The molecule has 4 heteroatoms. The molecule has 55 heavy (non-hydrogen) atoms. The largest absolute Gasteiger partial charge is 0.213 e. The predicted octanol–water partition coefficient (Wildman–Crippen LogP) is 13.9. The molecule has 3 nitrogen and oxygen atoms in total. The Kier molecular flexibility index (Phi) is 8.97. The maximum atomic E-state index is 5.37. The summed E-state index contributed by atoms with van der Waals surface area (Å²) in [6.45, 7) is 0. The normalized spacial score (nSPS) is 16.7. The van der Waals surface area contributed by atoms with E-state index in [-0.39, 0.29) is 5.92 Å². The second-order valence-electron chi connectivity index (χ2n) is 14.9. The Morgan fingerprint density at radius 3 is 1.93 bits per heavy atom. The molecular weight excluding hydrogens is 687 g/mol. The SMILES string of the molecule is C1=CC(c2nc(C3=CCCCC3)nc(C3CC(c4cccc(-c5cc(-c6ccccc6)cc(-c6ccccc6)c5)c4)=Cc4sc5ccccc5c43)n2)=CCC1. The molecule has 1 atom stereocenters. The van der Waals surface area contributed by atoms with Crippen LogP contribution in [0.2, 0.25) is 0 Å². The molecule has 5 aromatic carbocycles. The van der Waals surface area contributed by atoms with Crippen molar-refractivity contribution in [1.82, 2.24) is 15.0 Å². The van der Waals surface area contributed by atoms with Gasteiger partial charge in [0.25, 0.3) is 0 Å². The quantitative estimate of drug-likeness (QED) is 0.164. The number of thiophene rings is 1. The van der Waals surface area contributed by atoms with Gasteiger partial charge in [-0.2, -0.15) is 0 Å². The molecule has 0 N–H and O–H groups in total. The highest BCUT2D eigenvalue weighted by atomic mass is 32.1. The zero-order valence-corrected chi connectivity index (χ0v) is 31.6. The van der Waals surface area contributed by atoms with Gasteiger partial charge in [0.1, 0.15) is 5.82 Å². The minimum atomic E-state index is -0.00115. The van der Waals surface area contributed by atoms with Crippen LogP contribution in [-0.4, -0.2) is 15.0 Å². The van der Waals surface area contributed by atoms with Gasteiger partial charge in [-0.3, -0.25) is 0 Å². The number of hydrogen-bond donors (Lipinski definition) is 0. The summed E-state index contributed by atoms with van der Waals surface area (Å²) in [4.78, 5) is 17.1. The molecule has 0 fully saturated rings. The molecular formula is C51H41N3S. The van der Waals surface area contributed by atoms with E-state index in [1.54, 1.807) is 0 Å². The number of benzene rings is 5. The first-order chi connectivity index (χ1) is 27.2. The van der Waals surface area contributed by atoms with Crippen molar-refractivity contribution in [2.75, 3.05) is 0 Å². The fourth-order valence-corrected chi connectivity index (χ4v) is 9.68. The van der Waals surface area contributed by atoms with Gasteiger partial charge >= 0.3 is 0 Å². The van der Waals surface area contributed by atoms with Crippen molar-refractivity contribution in [3.05, 3.63) is 185 Å². The van der Waals surface area contributed by atoms with Crippen molar-refractivity contribution in [2.24, 2.45) is 0 Å². The summed E-state index contributed by atoms with van der Waals surface area (Å²) in [6, 6.07) is 46.4. The first-order valence-corrected chi connectivity index (χ1v) is 20.5. The van der Waals surface area contributed by atoms with Crippen LogP contribution in [0.1, 0.15) is 84.3 Å². The van der Waals surface area contributed by atoms with E-state index in [0.717, 1.165) is 55.2 Å². The molecule has 10 rings (SSSR count). The molecule has 0 radical (unpaired) electrons. The van der Waals surface area contributed by atoms with Crippen molar-refractivity contribution >= 4 is 44.2 Å². The van der Waals surface area contributed by atoms with Crippen LogP contribution in [-0.2, 0) is 0 Å². The topological polar surface area (TPSA) is 38.7 Å². The monoisotopic (exact) mass is 727 g/mol. The summed E-state index contributed by atoms with van der Waals surface area (Å²) in [6.07, 6.45) is 18.9. The standard InChI is InChI=1S/C51H41N3S/c1-5-16-34(17-6-1)40-29-41(35-18-7-2-8-19-35)31-42(30-40)38-24-15-25-39(28-38)43-32-45(48-44-26-13-14-27-46(44)55-47(48)33-43)51-53-49(36-20-9-3-10-21-36)52-50(54-51)37-22-11-4-12-23-37/h1-2,5-9,13-22,24-31,33,45H,3-4,10-12,23,32H2. The average molecular weight is 728 g/mol. The lowest BCUT2D eigenvalue weighted by Gasteiger charge is -2.25. The van der Waals surface area contributed by atoms with E-state index in [2.05, 4.69) is 158 Å². The van der Waals surface area contributed by atoms with Crippen LogP contribution in [0.3, 0.4) is 0 Å². The molecule has 7 aromatic rings. The molecule has 2 heterocycles. The Morgan fingerprint density at radius 2 is 1.20 bits per heavy atom. The van der Waals surface area contributed by atoms with E-state index in [9.17, 15) is 0 Å². The highest BCUT2D eigenvalue weighted by Gasteiger charge is 2.31. The molecule has 3 aliphatic carbocycles. The molecule has 0 saturated carbocycles. The summed E-state index contributed by atoms with van der Waals surface area (Å²) in [5, 5.41) is 1.31.